The van der Waals surface area contributed by atoms with Crippen LogP contribution in [-0.2, 0) is 11.2 Å². The average Bonchev–Trinajstić information content (AvgIpc) is 3.09. The third kappa shape index (κ3) is 4.59. The van der Waals surface area contributed by atoms with Crippen LogP contribution in [0, 0.1) is 19.8 Å². The Morgan fingerprint density at radius 3 is 2.82 bits per heavy atom. The lowest BCUT2D eigenvalue weighted by Crippen LogP contribution is -2.14. The minimum absolute atomic E-state index is 0.0931. The van der Waals surface area contributed by atoms with Gasteiger partial charge in [-0.1, -0.05) is 25.4 Å². The standard InChI is InChI=1S/C20H24ClN5O2/c1-12(2)10-28-18-7-5-15(9-17(18)21)25-19(27)8-6-16-13(3)24-20-22-11-23-26(20)14(16)4/h5,7,9,11-12H,6,8,10H2,1-4H3,(H,25,27). The van der Waals surface area contributed by atoms with Gasteiger partial charge in [0.25, 0.3) is 5.78 Å². The van der Waals surface area contributed by atoms with Crippen molar-refractivity contribution in [2.75, 3.05) is 11.9 Å². The zero-order valence-corrected chi connectivity index (χ0v) is 17.2. The van der Waals surface area contributed by atoms with E-state index >= 15 is 0 Å². The van der Waals surface area contributed by atoms with Crippen LogP contribution in [0.1, 0.15) is 37.2 Å². The number of nitrogens with one attached hydrogen (secondary N) is 1. The van der Waals surface area contributed by atoms with Crippen LogP contribution in [0.3, 0.4) is 0 Å². The van der Waals surface area contributed by atoms with E-state index in [1.165, 1.54) is 6.33 Å². The van der Waals surface area contributed by atoms with E-state index < -0.39 is 0 Å². The summed E-state index contributed by atoms with van der Waals surface area (Å²) in [6.45, 7) is 8.61. The Bertz CT molecular complexity index is 1000. The quantitative estimate of drug-likeness (QED) is 0.647. The summed E-state index contributed by atoms with van der Waals surface area (Å²) >= 11 is 6.26. The topological polar surface area (TPSA) is 81.4 Å². The molecular formula is C20H24ClN5O2. The number of halogens is 1. The van der Waals surface area contributed by atoms with Gasteiger partial charge in [0.15, 0.2) is 0 Å². The van der Waals surface area contributed by atoms with Crippen molar-refractivity contribution < 1.29 is 9.53 Å². The van der Waals surface area contributed by atoms with E-state index in [2.05, 4.69) is 34.2 Å². The van der Waals surface area contributed by atoms with Gasteiger partial charge in [0, 0.05) is 23.5 Å². The summed E-state index contributed by atoms with van der Waals surface area (Å²) in [5.41, 5.74) is 3.46. The number of anilines is 1. The first kappa shape index (κ1) is 20.1. The fraction of sp³-hybridized carbons (Fsp3) is 0.400. The number of fused-ring (bicyclic) bond motifs is 1. The molecule has 0 aliphatic carbocycles. The Kier molecular flexibility index (Phi) is 6.14. The van der Waals surface area contributed by atoms with Crippen LogP contribution in [0.2, 0.25) is 5.02 Å². The third-order valence-corrected chi connectivity index (χ3v) is 4.67. The van der Waals surface area contributed by atoms with Crippen LogP contribution in [0.15, 0.2) is 24.5 Å². The highest BCUT2D eigenvalue weighted by atomic mass is 35.5. The molecule has 0 aliphatic heterocycles. The van der Waals surface area contributed by atoms with Gasteiger partial charge in [-0.3, -0.25) is 4.79 Å². The summed E-state index contributed by atoms with van der Waals surface area (Å²) in [6, 6.07) is 5.27. The molecule has 0 atom stereocenters. The zero-order valence-electron chi connectivity index (χ0n) is 16.5. The number of hydrogen-bond donors (Lipinski definition) is 1. The molecule has 0 aliphatic rings. The Hall–Kier alpha value is -2.67. The number of ether oxygens (including phenoxy) is 1. The van der Waals surface area contributed by atoms with Gasteiger partial charge in [0.1, 0.15) is 12.1 Å². The van der Waals surface area contributed by atoms with E-state index in [0.29, 0.717) is 47.6 Å². The molecular weight excluding hydrogens is 378 g/mol. The van der Waals surface area contributed by atoms with Crippen molar-refractivity contribution in [3.63, 3.8) is 0 Å². The van der Waals surface area contributed by atoms with Gasteiger partial charge in [-0.05, 0) is 49.9 Å². The Labute approximate surface area is 169 Å². The zero-order chi connectivity index (χ0) is 20.3. The minimum atomic E-state index is -0.0931. The molecule has 0 saturated heterocycles. The summed E-state index contributed by atoms with van der Waals surface area (Å²) in [4.78, 5) is 20.9. The van der Waals surface area contributed by atoms with Crippen LogP contribution in [-0.4, -0.2) is 32.1 Å². The molecule has 0 unspecified atom stereocenters. The Balaban J connectivity index is 1.62. The summed E-state index contributed by atoms with van der Waals surface area (Å²) in [5.74, 6) is 1.50. The molecule has 0 fully saturated rings. The first-order valence-electron chi connectivity index (χ1n) is 9.23. The highest BCUT2D eigenvalue weighted by Crippen LogP contribution is 2.28. The number of nitrogens with zero attached hydrogens (tertiary/aromatic N) is 4. The average molecular weight is 402 g/mol. The van der Waals surface area contributed by atoms with Crippen molar-refractivity contribution in [3.05, 3.63) is 46.5 Å². The molecule has 3 aromatic rings. The minimum Gasteiger partial charge on any atom is -0.492 e. The van der Waals surface area contributed by atoms with Crippen LogP contribution in [0.4, 0.5) is 5.69 Å². The van der Waals surface area contributed by atoms with Gasteiger partial charge >= 0.3 is 0 Å². The van der Waals surface area contributed by atoms with Crippen LogP contribution >= 0.6 is 11.6 Å². The number of aryl methyl sites for hydroxylation is 2. The smallest absolute Gasteiger partial charge is 0.252 e. The lowest BCUT2D eigenvalue weighted by atomic mass is 10.1. The van der Waals surface area contributed by atoms with Gasteiger partial charge in [-0.15, -0.1) is 0 Å². The second-order valence-electron chi connectivity index (χ2n) is 7.13. The van der Waals surface area contributed by atoms with Gasteiger partial charge < -0.3 is 10.1 Å². The van der Waals surface area contributed by atoms with E-state index in [4.69, 9.17) is 16.3 Å². The van der Waals surface area contributed by atoms with Crippen LogP contribution in [0.5, 0.6) is 5.75 Å². The summed E-state index contributed by atoms with van der Waals surface area (Å²) in [6.07, 6.45) is 2.37. The molecule has 0 spiro atoms. The molecule has 0 radical (unpaired) electrons. The number of hydrogen-bond acceptors (Lipinski definition) is 5. The summed E-state index contributed by atoms with van der Waals surface area (Å²) < 4.78 is 7.34. The maximum atomic E-state index is 12.4. The van der Waals surface area contributed by atoms with E-state index in [9.17, 15) is 4.79 Å². The lowest BCUT2D eigenvalue weighted by Gasteiger charge is -2.12. The van der Waals surface area contributed by atoms with Crippen molar-refractivity contribution in [1.82, 2.24) is 19.6 Å². The summed E-state index contributed by atoms with van der Waals surface area (Å²) in [5, 5.41) is 7.53. The molecule has 7 nitrogen and oxygen atoms in total. The van der Waals surface area contributed by atoms with Crippen molar-refractivity contribution in [2.45, 2.75) is 40.5 Å². The molecule has 8 heteroatoms. The lowest BCUT2D eigenvalue weighted by molar-refractivity contribution is -0.116. The molecule has 0 saturated carbocycles. The van der Waals surface area contributed by atoms with Crippen molar-refractivity contribution in [3.8, 4) is 5.75 Å². The predicted molar refractivity (Wildman–Crippen MR) is 109 cm³/mol. The number of carbonyl (C=O) groups excluding carboxylic acids is 1. The van der Waals surface area contributed by atoms with Gasteiger partial charge in [-0.25, -0.2) is 9.50 Å². The highest BCUT2D eigenvalue weighted by molar-refractivity contribution is 6.32. The number of carbonyl (C=O) groups is 1. The molecule has 1 amide bonds. The second kappa shape index (κ2) is 8.56. The fourth-order valence-corrected chi connectivity index (χ4v) is 3.17. The molecule has 2 heterocycles. The maximum Gasteiger partial charge on any atom is 0.252 e. The molecule has 2 aromatic heterocycles. The first-order chi connectivity index (χ1) is 13.3. The van der Waals surface area contributed by atoms with Crippen molar-refractivity contribution in [1.29, 1.82) is 0 Å². The number of benzene rings is 1. The largest absolute Gasteiger partial charge is 0.492 e. The SMILES string of the molecule is Cc1nc2ncnn2c(C)c1CCC(=O)Nc1ccc(OCC(C)C)c(Cl)c1. The highest BCUT2D eigenvalue weighted by Gasteiger charge is 2.13. The van der Waals surface area contributed by atoms with Crippen LogP contribution < -0.4 is 10.1 Å². The van der Waals surface area contributed by atoms with Gasteiger partial charge in [0.2, 0.25) is 5.91 Å². The van der Waals surface area contributed by atoms with Gasteiger partial charge in [-0.2, -0.15) is 10.1 Å². The predicted octanol–water partition coefficient (Wildman–Crippen LogP) is 4.00. The third-order valence-electron chi connectivity index (χ3n) is 4.38. The first-order valence-corrected chi connectivity index (χ1v) is 9.61. The molecule has 3 rings (SSSR count). The molecule has 1 N–H and O–H groups in total. The Morgan fingerprint density at radius 2 is 2.11 bits per heavy atom. The number of amides is 1. The molecule has 1 aromatic carbocycles. The number of rotatable bonds is 7. The monoisotopic (exact) mass is 401 g/mol. The van der Waals surface area contributed by atoms with E-state index in [0.717, 1.165) is 17.0 Å². The normalized spacial score (nSPS) is 11.2. The van der Waals surface area contributed by atoms with Crippen molar-refractivity contribution >= 4 is 29.0 Å². The van der Waals surface area contributed by atoms with E-state index in [-0.39, 0.29) is 5.91 Å². The molecule has 148 valence electrons. The maximum absolute atomic E-state index is 12.4. The Morgan fingerprint density at radius 1 is 1.32 bits per heavy atom. The fourth-order valence-electron chi connectivity index (χ4n) is 2.93. The molecule has 0 bridgehead atoms. The van der Waals surface area contributed by atoms with E-state index in [1.807, 2.05) is 13.8 Å². The second-order valence-corrected chi connectivity index (χ2v) is 7.54. The van der Waals surface area contributed by atoms with Crippen LogP contribution in [0.25, 0.3) is 5.78 Å². The van der Waals surface area contributed by atoms with E-state index in [1.54, 1.807) is 22.7 Å². The number of aromatic nitrogens is 4. The summed E-state index contributed by atoms with van der Waals surface area (Å²) in [7, 11) is 0. The van der Waals surface area contributed by atoms with Crippen molar-refractivity contribution in [2.24, 2.45) is 5.92 Å². The van der Waals surface area contributed by atoms with Gasteiger partial charge in [0.05, 0.1) is 11.6 Å². The molecule has 28 heavy (non-hydrogen) atoms.